The predicted octanol–water partition coefficient (Wildman–Crippen LogP) is 1.33. The maximum absolute atomic E-state index is 12.0. The highest BCUT2D eigenvalue weighted by Gasteiger charge is 2.19. The number of carbonyl (C=O) groups excluding carboxylic acids is 2. The van der Waals surface area contributed by atoms with E-state index in [2.05, 4.69) is 21.1 Å². The number of anilines is 1. The van der Waals surface area contributed by atoms with Gasteiger partial charge in [0.1, 0.15) is 5.76 Å². The number of aryl methyl sites for hydroxylation is 1. The van der Waals surface area contributed by atoms with Crippen LogP contribution in [0.2, 0.25) is 0 Å². The smallest absolute Gasteiger partial charge is 0.238 e. The molecule has 0 bridgehead atoms. The molecule has 23 heavy (non-hydrogen) atoms. The van der Waals surface area contributed by atoms with E-state index in [1.807, 2.05) is 0 Å². The van der Waals surface area contributed by atoms with Crippen LogP contribution in [-0.4, -0.2) is 47.1 Å². The van der Waals surface area contributed by atoms with Crippen molar-refractivity contribution >= 4 is 41.8 Å². The summed E-state index contributed by atoms with van der Waals surface area (Å²) in [4.78, 5) is 23.9. The van der Waals surface area contributed by atoms with Crippen LogP contribution in [0, 0.1) is 6.92 Å². The van der Waals surface area contributed by atoms with Crippen molar-refractivity contribution < 1.29 is 14.1 Å². The number of rotatable bonds is 6. The molecule has 1 aromatic heterocycles. The highest BCUT2D eigenvalue weighted by atomic mass is 35.5. The molecule has 1 fully saturated rings. The Morgan fingerprint density at radius 3 is 2.96 bits per heavy atom. The number of nitrogens with zero attached hydrogens (tertiary/aromatic N) is 1. The number of piperidine rings is 1. The summed E-state index contributed by atoms with van der Waals surface area (Å²) in [6.07, 6.45) is 2.08. The maximum Gasteiger partial charge on any atom is 0.238 e. The molecule has 0 aliphatic carbocycles. The molecule has 9 heteroatoms. The first-order chi connectivity index (χ1) is 10.5. The summed E-state index contributed by atoms with van der Waals surface area (Å²) < 4.78 is 4.89. The zero-order chi connectivity index (χ0) is 15.9. The fourth-order valence-electron chi connectivity index (χ4n) is 2.17. The number of aromatic nitrogens is 1. The van der Waals surface area contributed by atoms with Crippen LogP contribution >= 0.6 is 24.2 Å². The van der Waals surface area contributed by atoms with Crippen molar-refractivity contribution in [2.24, 2.45) is 0 Å². The summed E-state index contributed by atoms with van der Waals surface area (Å²) in [5.41, 5.74) is 0. The number of thioether (sulfide) groups is 1. The van der Waals surface area contributed by atoms with Crippen molar-refractivity contribution in [3.63, 3.8) is 0 Å². The average molecular weight is 363 g/mol. The summed E-state index contributed by atoms with van der Waals surface area (Å²) in [5.74, 6) is 1.08. The molecular formula is C14H23ClN4O3S. The van der Waals surface area contributed by atoms with Gasteiger partial charge in [0.15, 0.2) is 5.82 Å². The van der Waals surface area contributed by atoms with Gasteiger partial charge in [-0.25, -0.2) is 0 Å². The van der Waals surface area contributed by atoms with Crippen molar-refractivity contribution in [1.82, 2.24) is 15.8 Å². The molecule has 0 radical (unpaired) electrons. The van der Waals surface area contributed by atoms with E-state index in [1.165, 1.54) is 11.8 Å². The van der Waals surface area contributed by atoms with E-state index >= 15 is 0 Å². The summed E-state index contributed by atoms with van der Waals surface area (Å²) >= 11 is 1.30. The number of hydrogen-bond acceptors (Lipinski definition) is 6. The second-order valence-electron chi connectivity index (χ2n) is 5.38. The van der Waals surface area contributed by atoms with Gasteiger partial charge in [0, 0.05) is 18.7 Å². The Morgan fingerprint density at radius 1 is 1.57 bits per heavy atom. The molecule has 1 aliphatic heterocycles. The standard InChI is InChI=1S/C14H22N4O3S.ClH/c1-9-6-12(18-21-9)17-14(20)10(2)22-8-13(19)16-11-4-3-5-15-7-11;/h6,10-11,15H,3-5,7-8H2,1-2H3,(H,16,19)(H,17,18,20);1H/t10?,11-;/m0./s1. The molecule has 0 spiro atoms. The second kappa shape index (κ2) is 9.79. The zero-order valence-corrected chi connectivity index (χ0v) is 14.9. The van der Waals surface area contributed by atoms with Gasteiger partial charge in [-0.3, -0.25) is 9.59 Å². The van der Waals surface area contributed by atoms with Crippen LogP contribution in [0.5, 0.6) is 0 Å². The van der Waals surface area contributed by atoms with Gasteiger partial charge in [0.25, 0.3) is 0 Å². The zero-order valence-electron chi connectivity index (χ0n) is 13.3. The van der Waals surface area contributed by atoms with Gasteiger partial charge < -0.3 is 20.5 Å². The summed E-state index contributed by atoms with van der Waals surface area (Å²) in [6.45, 7) is 5.35. The van der Waals surface area contributed by atoms with Crippen LogP contribution in [0.15, 0.2) is 10.6 Å². The van der Waals surface area contributed by atoms with Crippen molar-refractivity contribution in [1.29, 1.82) is 0 Å². The molecule has 2 heterocycles. The molecule has 1 aliphatic rings. The normalized spacial score (nSPS) is 18.6. The summed E-state index contributed by atoms with van der Waals surface area (Å²) in [7, 11) is 0. The van der Waals surface area contributed by atoms with Crippen LogP contribution in [0.3, 0.4) is 0 Å². The molecule has 2 rings (SSSR count). The summed E-state index contributed by atoms with van der Waals surface area (Å²) in [6, 6.07) is 1.85. The molecular weight excluding hydrogens is 340 g/mol. The van der Waals surface area contributed by atoms with Gasteiger partial charge in [0.05, 0.1) is 11.0 Å². The first kappa shape index (κ1) is 19.8. The Labute approximate surface area is 146 Å². The SMILES string of the molecule is Cc1cc(NC(=O)C(C)SCC(=O)N[C@H]2CCCNC2)no1.Cl. The maximum atomic E-state index is 12.0. The third-order valence-corrected chi connectivity index (χ3v) is 4.52. The number of hydrogen-bond donors (Lipinski definition) is 3. The van der Waals surface area contributed by atoms with Crippen molar-refractivity contribution in [2.45, 2.75) is 38.0 Å². The van der Waals surface area contributed by atoms with Crippen LogP contribution in [0.4, 0.5) is 5.82 Å². The number of halogens is 1. The molecule has 0 saturated carbocycles. The van der Waals surface area contributed by atoms with E-state index in [0.717, 1.165) is 25.9 Å². The predicted molar refractivity (Wildman–Crippen MR) is 93.1 cm³/mol. The lowest BCUT2D eigenvalue weighted by atomic mass is 10.1. The lowest BCUT2D eigenvalue weighted by Crippen LogP contribution is -2.46. The highest BCUT2D eigenvalue weighted by Crippen LogP contribution is 2.14. The molecule has 1 saturated heterocycles. The Kier molecular flexibility index (Phi) is 8.43. The summed E-state index contributed by atoms with van der Waals surface area (Å²) in [5, 5.41) is 12.3. The highest BCUT2D eigenvalue weighted by molar-refractivity contribution is 8.01. The van der Waals surface area contributed by atoms with Gasteiger partial charge in [-0.1, -0.05) is 5.16 Å². The fraction of sp³-hybridized carbons (Fsp3) is 0.643. The first-order valence-electron chi connectivity index (χ1n) is 7.40. The Hall–Kier alpha value is -1.25. The third kappa shape index (κ3) is 6.80. The van der Waals surface area contributed by atoms with E-state index in [9.17, 15) is 9.59 Å². The minimum Gasteiger partial charge on any atom is -0.360 e. The minimum absolute atomic E-state index is 0. The number of nitrogens with one attached hydrogen (secondary N) is 3. The molecule has 130 valence electrons. The van der Waals surface area contributed by atoms with Crippen LogP contribution in [0.25, 0.3) is 0 Å². The van der Waals surface area contributed by atoms with Gasteiger partial charge in [-0.15, -0.1) is 24.2 Å². The first-order valence-corrected chi connectivity index (χ1v) is 8.45. The quantitative estimate of drug-likeness (QED) is 0.706. The Balaban J connectivity index is 0.00000264. The van der Waals surface area contributed by atoms with Gasteiger partial charge in [-0.2, -0.15) is 0 Å². The van der Waals surface area contributed by atoms with E-state index in [0.29, 0.717) is 11.6 Å². The van der Waals surface area contributed by atoms with Gasteiger partial charge in [-0.05, 0) is 33.2 Å². The van der Waals surface area contributed by atoms with E-state index < -0.39 is 0 Å². The van der Waals surface area contributed by atoms with Crippen molar-refractivity contribution in [3.05, 3.63) is 11.8 Å². The fourth-order valence-corrected chi connectivity index (χ4v) is 2.87. The molecule has 2 amide bonds. The molecule has 7 nitrogen and oxygen atoms in total. The molecule has 2 atom stereocenters. The Morgan fingerprint density at radius 2 is 2.35 bits per heavy atom. The lowest BCUT2D eigenvalue weighted by molar-refractivity contribution is -0.119. The van der Waals surface area contributed by atoms with Crippen LogP contribution in [0.1, 0.15) is 25.5 Å². The average Bonchev–Trinajstić information content (AvgIpc) is 2.91. The monoisotopic (exact) mass is 362 g/mol. The molecule has 1 aromatic rings. The van der Waals surface area contributed by atoms with E-state index in [1.54, 1.807) is 19.9 Å². The number of carbonyl (C=O) groups is 2. The van der Waals surface area contributed by atoms with Crippen molar-refractivity contribution in [2.75, 3.05) is 24.2 Å². The lowest BCUT2D eigenvalue weighted by Gasteiger charge is -2.23. The van der Waals surface area contributed by atoms with Crippen LogP contribution < -0.4 is 16.0 Å². The van der Waals surface area contributed by atoms with E-state index in [-0.39, 0.29) is 41.3 Å². The van der Waals surface area contributed by atoms with Crippen LogP contribution in [-0.2, 0) is 9.59 Å². The van der Waals surface area contributed by atoms with Gasteiger partial charge in [0.2, 0.25) is 11.8 Å². The van der Waals surface area contributed by atoms with E-state index in [4.69, 9.17) is 4.52 Å². The largest absolute Gasteiger partial charge is 0.360 e. The third-order valence-electron chi connectivity index (χ3n) is 3.37. The molecule has 3 N–H and O–H groups in total. The molecule has 0 aromatic carbocycles. The van der Waals surface area contributed by atoms with Crippen molar-refractivity contribution in [3.8, 4) is 0 Å². The molecule has 1 unspecified atom stereocenters. The topological polar surface area (TPSA) is 96.3 Å². The van der Waals surface area contributed by atoms with Gasteiger partial charge >= 0.3 is 0 Å². The second-order valence-corrected chi connectivity index (χ2v) is 6.71. The number of amides is 2. The Bertz CT molecular complexity index is 520. The minimum atomic E-state index is -0.341.